The molecule has 2 atom stereocenters. The van der Waals surface area contributed by atoms with E-state index >= 15 is 0 Å². The molecule has 1 N–H and O–H groups in total. The predicted octanol–water partition coefficient (Wildman–Crippen LogP) is 1.76. The SMILES string of the molecule is CC(O)C(Sc1ccccc1)[N+](=O)[O-]. The van der Waals surface area contributed by atoms with Crippen LogP contribution < -0.4 is 0 Å². The summed E-state index contributed by atoms with van der Waals surface area (Å²) in [6.07, 6.45) is -0.963. The largest absolute Gasteiger partial charge is 0.385 e. The lowest BCUT2D eigenvalue weighted by Gasteiger charge is -2.10. The normalized spacial score (nSPS) is 14.7. The van der Waals surface area contributed by atoms with E-state index in [2.05, 4.69) is 0 Å². The molecule has 76 valence electrons. The number of hydrogen-bond acceptors (Lipinski definition) is 4. The monoisotopic (exact) mass is 213 g/mol. The van der Waals surface area contributed by atoms with Crippen molar-refractivity contribution in [3.05, 3.63) is 40.4 Å². The van der Waals surface area contributed by atoms with E-state index in [1.807, 2.05) is 6.07 Å². The van der Waals surface area contributed by atoms with Crippen LogP contribution in [0.4, 0.5) is 0 Å². The Morgan fingerprint density at radius 2 is 2.00 bits per heavy atom. The van der Waals surface area contributed by atoms with Crippen LogP contribution in [0, 0.1) is 10.1 Å². The lowest BCUT2D eigenvalue weighted by atomic mass is 10.4. The maximum Gasteiger partial charge on any atom is 0.287 e. The van der Waals surface area contributed by atoms with Crippen LogP contribution in [0.25, 0.3) is 0 Å². The second-order valence-corrected chi connectivity index (χ2v) is 4.04. The minimum absolute atomic E-state index is 0.470. The summed E-state index contributed by atoms with van der Waals surface area (Å²) >= 11 is 1.06. The van der Waals surface area contributed by atoms with Crippen LogP contribution in [0.15, 0.2) is 35.2 Å². The number of nitro groups is 1. The van der Waals surface area contributed by atoms with Crippen molar-refractivity contribution in [2.24, 2.45) is 0 Å². The van der Waals surface area contributed by atoms with E-state index < -0.39 is 16.4 Å². The van der Waals surface area contributed by atoms with Crippen LogP contribution in [-0.4, -0.2) is 21.5 Å². The highest BCUT2D eigenvalue weighted by Gasteiger charge is 2.27. The third kappa shape index (κ3) is 3.01. The highest BCUT2D eigenvalue weighted by molar-refractivity contribution is 7.99. The van der Waals surface area contributed by atoms with Gasteiger partial charge in [0.15, 0.2) is 0 Å². The van der Waals surface area contributed by atoms with Gasteiger partial charge >= 0.3 is 0 Å². The number of aliphatic hydroxyl groups is 1. The molecule has 1 aromatic carbocycles. The molecule has 2 unspecified atom stereocenters. The fourth-order valence-corrected chi connectivity index (χ4v) is 1.83. The van der Waals surface area contributed by atoms with Gasteiger partial charge in [0.05, 0.1) is 0 Å². The summed E-state index contributed by atoms with van der Waals surface area (Å²) in [5.74, 6) is 0. The maximum absolute atomic E-state index is 10.6. The Kier molecular flexibility index (Phi) is 3.91. The summed E-state index contributed by atoms with van der Waals surface area (Å²) in [7, 11) is 0. The molecule has 14 heavy (non-hydrogen) atoms. The molecule has 0 amide bonds. The van der Waals surface area contributed by atoms with Crippen molar-refractivity contribution in [1.82, 2.24) is 0 Å². The predicted molar refractivity (Wildman–Crippen MR) is 54.8 cm³/mol. The summed E-state index contributed by atoms with van der Waals surface area (Å²) in [4.78, 5) is 10.9. The van der Waals surface area contributed by atoms with E-state index in [1.54, 1.807) is 24.3 Å². The minimum Gasteiger partial charge on any atom is -0.385 e. The van der Waals surface area contributed by atoms with Gasteiger partial charge in [-0.15, -0.1) is 0 Å². The fraction of sp³-hybridized carbons (Fsp3) is 0.333. The quantitative estimate of drug-likeness (QED) is 0.358. The van der Waals surface area contributed by atoms with E-state index in [0.29, 0.717) is 0 Å². The minimum atomic E-state index is -1.00. The van der Waals surface area contributed by atoms with Crippen LogP contribution in [0.2, 0.25) is 0 Å². The molecule has 4 nitrogen and oxygen atoms in total. The van der Waals surface area contributed by atoms with Crippen LogP contribution in [0.5, 0.6) is 0 Å². The van der Waals surface area contributed by atoms with Gasteiger partial charge in [-0.2, -0.15) is 0 Å². The zero-order valence-corrected chi connectivity index (χ0v) is 8.48. The topological polar surface area (TPSA) is 63.4 Å². The van der Waals surface area contributed by atoms with Gasteiger partial charge in [-0.3, -0.25) is 10.1 Å². The average molecular weight is 213 g/mol. The zero-order valence-electron chi connectivity index (χ0n) is 7.66. The smallest absolute Gasteiger partial charge is 0.287 e. The first-order valence-electron chi connectivity index (χ1n) is 4.14. The molecular formula is C9H11NO3S. The molecule has 0 fully saturated rings. The van der Waals surface area contributed by atoms with Crippen molar-refractivity contribution in [2.75, 3.05) is 0 Å². The lowest BCUT2D eigenvalue weighted by molar-refractivity contribution is -0.505. The molecule has 0 heterocycles. The molecule has 0 aromatic heterocycles. The summed E-state index contributed by atoms with van der Waals surface area (Å²) in [6, 6.07) is 9.02. The molecule has 1 aromatic rings. The molecule has 0 bridgehead atoms. The van der Waals surface area contributed by atoms with Crippen molar-refractivity contribution in [1.29, 1.82) is 0 Å². The van der Waals surface area contributed by atoms with Crippen molar-refractivity contribution in [2.45, 2.75) is 23.3 Å². The number of nitrogens with zero attached hydrogens (tertiary/aromatic N) is 1. The third-order valence-electron chi connectivity index (χ3n) is 1.62. The number of hydrogen-bond donors (Lipinski definition) is 1. The number of aliphatic hydroxyl groups excluding tert-OH is 1. The van der Waals surface area contributed by atoms with Crippen molar-refractivity contribution < 1.29 is 10.0 Å². The van der Waals surface area contributed by atoms with E-state index in [-0.39, 0.29) is 0 Å². The zero-order chi connectivity index (χ0) is 10.6. The molecule has 0 aliphatic rings. The van der Waals surface area contributed by atoms with E-state index in [9.17, 15) is 15.2 Å². The van der Waals surface area contributed by atoms with Gasteiger partial charge in [0.2, 0.25) is 0 Å². The first-order chi connectivity index (χ1) is 6.61. The number of rotatable bonds is 4. The first kappa shape index (κ1) is 11.0. The van der Waals surface area contributed by atoms with Gasteiger partial charge in [0.1, 0.15) is 6.10 Å². The van der Waals surface area contributed by atoms with Crippen LogP contribution in [0.1, 0.15) is 6.92 Å². The van der Waals surface area contributed by atoms with E-state index in [1.165, 1.54) is 6.92 Å². The number of benzene rings is 1. The number of thioether (sulfide) groups is 1. The molecule has 0 aliphatic carbocycles. The van der Waals surface area contributed by atoms with Gasteiger partial charge in [-0.05, 0) is 30.8 Å². The van der Waals surface area contributed by atoms with Crippen molar-refractivity contribution >= 4 is 11.8 Å². The molecule has 0 radical (unpaired) electrons. The highest BCUT2D eigenvalue weighted by Crippen LogP contribution is 2.25. The summed E-state index contributed by atoms with van der Waals surface area (Å²) in [5.41, 5.74) is 0. The van der Waals surface area contributed by atoms with Crippen LogP contribution in [-0.2, 0) is 0 Å². The Morgan fingerprint density at radius 1 is 1.43 bits per heavy atom. The lowest BCUT2D eigenvalue weighted by Crippen LogP contribution is -2.27. The molecule has 5 heteroatoms. The Hall–Kier alpha value is -1.07. The van der Waals surface area contributed by atoms with E-state index in [0.717, 1.165) is 16.7 Å². The van der Waals surface area contributed by atoms with Crippen LogP contribution >= 0.6 is 11.8 Å². The molecule has 0 spiro atoms. The highest BCUT2D eigenvalue weighted by atomic mass is 32.2. The molecule has 0 aliphatic heterocycles. The van der Waals surface area contributed by atoms with Crippen molar-refractivity contribution in [3.8, 4) is 0 Å². The fourth-order valence-electron chi connectivity index (χ4n) is 0.956. The van der Waals surface area contributed by atoms with Crippen LogP contribution in [0.3, 0.4) is 0 Å². The van der Waals surface area contributed by atoms with Gasteiger partial charge in [0, 0.05) is 9.82 Å². The summed E-state index contributed by atoms with van der Waals surface area (Å²) < 4.78 is 0. The van der Waals surface area contributed by atoms with Crippen molar-refractivity contribution in [3.63, 3.8) is 0 Å². The molecule has 0 saturated carbocycles. The van der Waals surface area contributed by atoms with Gasteiger partial charge in [0.25, 0.3) is 5.37 Å². The first-order valence-corrected chi connectivity index (χ1v) is 5.02. The summed E-state index contributed by atoms with van der Waals surface area (Å²) in [5, 5.41) is 18.7. The Balaban J connectivity index is 2.70. The average Bonchev–Trinajstić information content (AvgIpc) is 2.15. The molecule has 1 rings (SSSR count). The Morgan fingerprint density at radius 3 is 2.43 bits per heavy atom. The molecular weight excluding hydrogens is 202 g/mol. The second kappa shape index (κ2) is 4.97. The maximum atomic E-state index is 10.6. The standard InChI is InChI=1S/C9H11NO3S/c1-7(11)9(10(12)13)14-8-5-3-2-4-6-8/h2-7,9,11H,1H3. The van der Waals surface area contributed by atoms with Gasteiger partial charge in [-0.25, -0.2) is 0 Å². The Labute approximate surface area is 86.1 Å². The Bertz CT molecular complexity index is 302. The van der Waals surface area contributed by atoms with Gasteiger partial charge in [-0.1, -0.05) is 18.2 Å². The van der Waals surface area contributed by atoms with E-state index in [4.69, 9.17) is 0 Å². The third-order valence-corrected chi connectivity index (χ3v) is 2.97. The summed E-state index contributed by atoms with van der Waals surface area (Å²) in [6.45, 7) is 1.42. The van der Waals surface area contributed by atoms with Gasteiger partial charge < -0.3 is 5.11 Å². The second-order valence-electron chi connectivity index (χ2n) is 2.85. The molecule has 0 saturated heterocycles.